The van der Waals surface area contributed by atoms with E-state index in [0.717, 1.165) is 11.1 Å². The van der Waals surface area contributed by atoms with Crippen molar-refractivity contribution in [3.8, 4) is 0 Å². The maximum Gasteiger partial charge on any atom is 0.407 e. The second-order valence-corrected chi connectivity index (χ2v) is 6.73. The second-order valence-electron chi connectivity index (χ2n) is 6.73. The number of benzene rings is 1. The summed E-state index contributed by atoms with van der Waals surface area (Å²) in [5.74, 6) is 0.272. The lowest BCUT2D eigenvalue weighted by Gasteiger charge is -2.19. The lowest BCUT2D eigenvalue weighted by Crippen LogP contribution is -2.32. The van der Waals surface area contributed by atoms with Gasteiger partial charge in [0.25, 0.3) is 5.91 Å². The number of nitrogens with one attached hydrogen (secondary N) is 2. The average Bonchev–Trinajstić information content (AvgIpc) is 2.54. The van der Waals surface area contributed by atoms with E-state index < -0.39 is 11.7 Å². The van der Waals surface area contributed by atoms with E-state index >= 15 is 0 Å². The van der Waals surface area contributed by atoms with Crippen molar-refractivity contribution in [1.29, 1.82) is 0 Å². The number of ether oxygens (including phenoxy) is 1. The number of hydrogen-bond acceptors (Lipinski definition) is 4. The molecule has 132 valence electrons. The van der Waals surface area contributed by atoms with Gasteiger partial charge in [-0.15, -0.1) is 0 Å². The highest BCUT2D eigenvalue weighted by molar-refractivity contribution is 6.03. The molecule has 0 atom stereocenters. The van der Waals surface area contributed by atoms with Crippen LogP contribution in [0.1, 0.15) is 42.3 Å². The molecular formula is C19H23N3O3. The van der Waals surface area contributed by atoms with Crippen molar-refractivity contribution in [2.75, 3.05) is 5.32 Å². The second kappa shape index (κ2) is 7.79. The number of pyridine rings is 1. The first-order valence-corrected chi connectivity index (χ1v) is 8.03. The largest absolute Gasteiger partial charge is 0.444 e. The molecule has 0 fully saturated rings. The topological polar surface area (TPSA) is 80.3 Å². The van der Waals surface area contributed by atoms with Crippen LogP contribution in [0.3, 0.4) is 0 Å². The van der Waals surface area contributed by atoms with Gasteiger partial charge in [0.2, 0.25) is 0 Å². The maximum absolute atomic E-state index is 12.2. The number of carbonyl (C=O) groups excluding carboxylic acids is 2. The SMILES string of the molecule is Cc1ccc(NC(=O)c2ccc(CNC(=O)OC(C)(C)C)cc2)nc1. The number of rotatable bonds is 4. The molecule has 2 rings (SSSR count). The first-order chi connectivity index (χ1) is 11.7. The van der Waals surface area contributed by atoms with Crippen molar-refractivity contribution < 1.29 is 14.3 Å². The number of alkyl carbamates (subject to hydrolysis) is 1. The Morgan fingerprint density at radius 3 is 2.32 bits per heavy atom. The van der Waals surface area contributed by atoms with E-state index in [4.69, 9.17) is 4.74 Å². The Hall–Kier alpha value is -2.89. The Labute approximate surface area is 147 Å². The molecule has 0 saturated carbocycles. The number of aromatic nitrogens is 1. The van der Waals surface area contributed by atoms with E-state index in [1.165, 1.54) is 0 Å². The Bertz CT molecular complexity index is 732. The van der Waals surface area contributed by atoms with E-state index in [0.29, 0.717) is 17.9 Å². The highest BCUT2D eigenvalue weighted by Gasteiger charge is 2.15. The Balaban J connectivity index is 1.89. The van der Waals surface area contributed by atoms with Crippen LogP contribution in [-0.4, -0.2) is 22.6 Å². The number of carbonyl (C=O) groups is 2. The summed E-state index contributed by atoms with van der Waals surface area (Å²) in [4.78, 5) is 28.0. The van der Waals surface area contributed by atoms with Gasteiger partial charge in [-0.05, 0) is 57.0 Å². The Kier molecular flexibility index (Phi) is 5.75. The van der Waals surface area contributed by atoms with Crippen molar-refractivity contribution in [2.24, 2.45) is 0 Å². The van der Waals surface area contributed by atoms with E-state index in [9.17, 15) is 9.59 Å². The summed E-state index contributed by atoms with van der Waals surface area (Å²) in [5, 5.41) is 5.42. The number of nitrogens with zero attached hydrogens (tertiary/aromatic N) is 1. The zero-order valence-corrected chi connectivity index (χ0v) is 14.9. The number of anilines is 1. The summed E-state index contributed by atoms with van der Waals surface area (Å²) in [6, 6.07) is 10.6. The van der Waals surface area contributed by atoms with Crippen LogP contribution in [0, 0.1) is 6.92 Å². The van der Waals surface area contributed by atoms with Crippen molar-refractivity contribution in [3.05, 3.63) is 59.3 Å². The van der Waals surface area contributed by atoms with Crippen LogP contribution in [0.25, 0.3) is 0 Å². The molecule has 6 nitrogen and oxygen atoms in total. The molecule has 2 aromatic rings. The molecular weight excluding hydrogens is 318 g/mol. The van der Waals surface area contributed by atoms with Crippen LogP contribution in [0.5, 0.6) is 0 Å². The minimum Gasteiger partial charge on any atom is -0.444 e. The molecule has 0 radical (unpaired) electrons. The number of aryl methyl sites for hydroxylation is 1. The van der Waals surface area contributed by atoms with Gasteiger partial charge in [0.15, 0.2) is 0 Å². The predicted octanol–water partition coefficient (Wildman–Crippen LogP) is 3.67. The minimum atomic E-state index is -0.532. The zero-order valence-electron chi connectivity index (χ0n) is 14.9. The highest BCUT2D eigenvalue weighted by atomic mass is 16.6. The maximum atomic E-state index is 12.2. The molecule has 1 aromatic carbocycles. The molecule has 2 N–H and O–H groups in total. The van der Waals surface area contributed by atoms with Crippen LogP contribution >= 0.6 is 0 Å². The molecule has 6 heteroatoms. The molecule has 0 aliphatic rings. The molecule has 2 amide bonds. The minimum absolute atomic E-state index is 0.233. The average molecular weight is 341 g/mol. The van der Waals surface area contributed by atoms with E-state index in [-0.39, 0.29) is 5.91 Å². The molecule has 25 heavy (non-hydrogen) atoms. The first-order valence-electron chi connectivity index (χ1n) is 8.03. The summed E-state index contributed by atoms with van der Waals surface area (Å²) >= 11 is 0. The third-order valence-electron chi connectivity index (χ3n) is 3.20. The third-order valence-corrected chi connectivity index (χ3v) is 3.20. The van der Waals surface area contributed by atoms with Crippen LogP contribution in [0.15, 0.2) is 42.6 Å². The molecule has 0 aliphatic carbocycles. The summed E-state index contributed by atoms with van der Waals surface area (Å²) in [5.41, 5.74) is 1.88. The van der Waals surface area contributed by atoms with Gasteiger partial charge in [-0.3, -0.25) is 4.79 Å². The summed E-state index contributed by atoms with van der Waals surface area (Å²) in [7, 11) is 0. The molecule has 0 spiro atoms. The summed E-state index contributed by atoms with van der Waals surface area (Å²) in [6.45, 7) is 7.69. The van der Waals surface area contributed by atoms with E-state index in [1.807, 2.05) is 33.8 Å². The van der Waals surface area contributed by atoms with Gasteiger partial charge in [0.1, 0.15) is 11.4 Å². The number of hydrogen-bond donors (Lipinski definition) is 2. The first kappa shape index (κ1) is 18.4. The molecule has 1 aromatic heterocycles. The zero-order chi connectivity index (χ0) is 18.4. The van der Waals surface area contributed by atoms with E-state index in [2.05, 4.69) is 15.6 Å². The van der Waals surface area contributed by atoms with Crippen LogP contribution < -0.4 is 10.6 Å². The monoisotopic (exact) mass is 341 g/mol. The Morgan fingerprint density at radius 2 is 1.76 bits per heavy atom. The normalized spacial score (nSPS) is 10.9. The van der Waals surface area contributed by atoms with Gasteiger partial charge >= 0.3 is 6.09 Å². The standard InChI is InChI=1S/C19H23N3O3/c1-13-5-10-16(20-11-13)22-17(23)15-8-6-14(7-9-15)12-21-18(24)25-19(2,3)4/h5-11H,12H2,1-4H3,(H,21,24)(H,20,22,23). The molecule has 0 bridgehead atoms. The van der Waals surface area contributed by atoms with Crippen LogP contribution in [0.4, 0.5) is 10.6 Å². The van der Waals surface area contributed by atoms with Gasteiger partial charge in [-0.1, -0.05) is 18.2 Å². The van der Waals surface area contributed by atoms with Crippen LogP contribution in [-0.2, 0) is 11.3 Å². The van der Waals surface area contributed by atoms with Gasteiger partial charge in [-0.2, -0.15) is 0 Å². The van der Waals surface area contributed by atoms with Gasteiger partial charge in [-0.25, -0.2) is 9.78 Å². The fraction of sp³-hybridized carbons (Fsp3) is 0.316. The van der Waals surface area contributed by atoms with Crippen molar-refractivity contribution in [3.63, 3.8) is 0 Å². The quantitative estimate of drug-likeness (QED) is 0.889. The predicted molar refractivity (Wildman–Crippen MR) is 96.4 cm³/mol. The third kappa shape index (κ3) is 6.25. The van der Waals surface area contributed by atoms with Crippen molar-refractivity contribution in [2.45, 2.75) is 39.8 Å². The summed E-state index contributed by atoms with van der Waals surface area (Å²) < 4.78 is 5.18. The van der Waals surface area contributed by atoms with Gasteiger partial charge in [0, 0.05) is 18.3 Å². The van der Waals surface area contributed by atoms with Crippen molar-refractivity contribution >= 4 is 17.8 Å². The van der Waals surface area contributed by atoms with Gasteiger partial charge in [0.05, 0.1) is 0 Å². The molecule has 0 unspecified atom stereocenters. The molecule has 0 saturated heterocycles. The molecule has 1 heterocycles. The smallest absolute Gasteiger partial charge is 0.407 e. The Morgan fingerprint density at radius 1 is 1.08 bits per heavy atom. The molecule has 0 aliphatic heterocycles. The lowest BCUT2D eigenvalue weighted by molar-refractivity contribution is 0.0523. The van der Waals surface area contributed by atoms with E-state index in [1.54, 1.807) is 36.5 Å². The lowest BCUT2D eigenvalue weighted by atomic mass is 10.1. The number of amides is 2. The highest BCUT2D eigenvalue weighted by Crippen LogP contribution is 2.10. The fourth-order valence-electron chi connectivity index (χ4n) is 1.99. The van der Waals surface area contributed by atoms with Crippen LogP contribution in [0.2, 0.25) is 0 Å². The summed E-state index contributed by atoms with van der Waals surface area (Å²) in [6.07, 6.45) is 1.22. The van der Waals surface area contributed by atoms with Crippen molar-refractivity contribution in [1.82, 2.24) is 10.3 Å². The van der Waals surface area contributed by atoms with Gasteiger partial charge < -0.3 is 15.4 Å². The fourth-order valence-corrected chi connectivity index (χ4v) is 1.99.